The molecule has 0 bridgehead atoms. The third-order valence-electron chi connectivity index (χ3n) is 4.32. The summed E-state index contributed by atoms with van der Waals surface area (Å²) in [6.45, 7) is 3.99. The van der Waals surface area contributed by atoms with Gasteiger partial charge in [-0.15, -0.1) is 0 Å². The predicted octanol–water partition coefficient (Wildman–Crippen LogP) is 5.42. The Hall–Kier alpha value is -3.06. The van der Waals surface area contributed by atoms with Crippen molar-refractivity contribution in [1.82, 2.24) is 0 Å². The van der Waals surface area contributed by atoms with E-state index < -0.39 is 0 Å². The van der Waals surface area contributed by atoms with Gasteiger partial charge >= 0.3 is 6.03 Å². The molecule has 2 N–H and O–H groups in total. The van der Waals surface area contributed by atoms with E-state index in [1.807, 2.05) is 50.3 Å². The van der Waals surface area contributed by atoms with Gasteiger partial charge < -0.3 is 10.6 Å². The minimum atomic E-state index is -0.287. The Morgan fingerprint density at radius 1 is 1.16 bits per heavy atom. The standard InChI is InChI=1S/C21H21N3O/c1-3-4-15-7-9-18(11-14(15)2)23-21(25)24-19-10-8-17(13-22)20(12-19)16-5-6-16/h3-4,7-12,16H,5-6H2,1-2H3,(H2,23,24,25)/b4-3-. The van der Waals surface area contributed by atoms with E-state index >= 15 is 0 Å². The molecule has 1 aliphatic carbocycles. The summed E-state index contributed by atoms with van der Waals surface area (Å²) in [5.74, 6) is 0.460. The zero-order valence-corrected chi connectivity index (χ0v) is 14.5. The van der Waals surface area contributed by atoms with E-state index in [4.69, 9.17) is 0 Å². The monoisotopic (exact) mass is 331 g/mol. The minimum Gasteiger partial charge on any atom is -0.308 e. The summed E-state index contributed by atoms with van der Waals surface area (Å²) in [4.78, 5) is 12.3. The normalized spacial score (nSPS) is 13.5. The molecule has 0 radical (unpaired) electrons. The van der Waals surface area contributed by atoms with Crippen molar-refractivity contribution >= 4 is 23.5 Å². The molecule has 0 saturated heterocycles. The molecule has 0 unspecified atom stereocenters. The van der Waals surface area contributed by atoms with Gasteiger partial charge in [0.15, 0.2) is 0 Å². The average Bonchev–Trinajstić information content (AvgIpc) is 3.42. The highest BCUT2D eigenvalue weighted by atomic mass is 16.2. The zero-order chi connectivity index (χ0) is 17.8. The Balaban J connectivity index is 1.70. The zero-order valence-electron chi connectivity index (χ0n) is 14.5. The summed E-state index contributed by atoms with van der Waals surface area (Å²) in [5.41, 5.74) is 5.43. The number of nitrogens with zero attached hydrogens (tertiary/aromatic N) is 1. The Bertz CT molecular complexity index is 873. The van der Waals surface area contributed by atoms with Crippen LogP contribution in [0.25, 0.3) is 6.08 Å². The van der Waals surface area contributed by atoms with Gasteiger partial charge in [-0.2, -0.15) is 5.26 Å². The molecule has 3 rings (SSSR count). The number of urea groups is 1. The van der Waals surface area contributed by atoms with Crippen LogP contribution in [0.1, 0.15) is 47.9 Å². The van der Waals surface area contributed by atoms with Crippen LogP contribution in [0.2, 0.25) is 0 Å². The van der Waals surface area contributed by atoms with Gasteiger partial charge in [0.05, 0.1) is 11.6 Å². The van der Waals surface area contributed by atoms with Crippen LogP contribution in [0, 0.1) is 18.3 Å². The highest BCUT2D eigenvalue weighted by molar-refractivity contribution is 6.00. The van der Waals surface area contributed by atoms with E-state index in [-0.39, 0.29) is 6.03 Å². The number of anilines is 2. The van der Waals surface area contributed by atoms with Gasteiger partial charge in [0.1, 0.15) is 0 Å². The maximum absolute atomic E-state index is 12.3. The fourth-order valence-electron chi connectivity index (χ4n) is 2.89. The lowest BCUT2D eigenvalue weighted by Gasteiger charge is -2.11. The number of carbonyl (C=O) groups is 1. The minimum absolute atomic E-state index is 0.287. The van der Waals surface area contributed by atoms with Crippen LogP contribution < -0.4 is 10.6 Å². The van der Waals surface area contributed by atoms with Gasteiger partial charge in [-0.1, -0.05) is 18.2 Å². The largest absolute Gasteiger partial charge is 0.323 e. The van der Waals surface area contributed by atoms with E-state index in [0.717, 1.165) is 35.2 Å². The molecule has 4 nitrogen and oxygen atoms in total. The lowest BCUT2D eigenvalue weighted by Crippen LogP contribution is -2.19. The van der Waals surface area contributed by atoms with Crippen LogP contribution in [-0.2, 0) is 0 Å². The molecule has 1 saturated carbocycles. The smallest absolute Gasteiger partial charge is 0.308 e. The topological polar surface area (TPSA) is 64.9 Å². The van der Waals surface area contributed by atoms with Gasteiger partial charge in [0.25, 0.3) is 0 Å². The molecule has 2 aromatic rings. The molecule has 2 aromatic carbocycles. The SMILES string of the molecule is C/C=C\c1ccc(NC(=O)Nc2ccc(C#N)c(C3CC3)c2)cc1C. The first kappa shape index (κ1) is 16.8. The first-order valence-corrected chi connectivity index (χ1v) is 8.46. The maximum atomic E-state index is 12.3. The molecule has 0 aromatic heterocycles. The number of nitriles is 1. The Labute approximate surface area is 148 Å². The number of hydrogen-bond donors (Lipinski definition) is 2. The molecule has 0 aliphatic heterocycles. The second-order valence-electron chi connectivity index (χ2n) is 6.34. The second kappa shape index (κ2) is 7.23. The van der Waals surface area contributed by atoms with Crippen LogP contribution in [0.3, 0.4) is 0 Å². The summed E-state index contributed by atoms with van der Waals surface area (Å²) in [6, 6.07) is 13.2. The fraction of sp³-hybridized carbons (Fsp3) is 0.238. The molecule has 4 heteroatoms. The van der Waals surface area contributed by atoms with Gasteiger partial charge in [-0.3, -0.25) is 0 Å². The van der Waals surface area contributed by atoms with E-state index in [2.05, 4.69) is 16.7 Å². The number of hydrogen-bond acceptors (Lipinski definition) is 2. The molecule has 2 amide bonds. The van der Waals surface area contributed by atoms with Crippen molar-refractivity contribution in [2.75, 3.05) is 10.6 Å². The fourth-order valence-corrected chi connectivity index (χ4v) is 2.89. The lowest BCUT2D eigenvalue weighted by atomic mass is 10.0. The first-order valence-electron chi connectivity index (χ1n) is 8.46. The Morgan fingerprint density at radius 3 is 2.44 bits per heavy atom. The van der Waals surface area contributed by atoms with Crippen molar-refractivity contribution in [3.63, 3.8) is 0 Å². The molecule has 126 valence electrons. The van der Waals surface area contributed by atoms with Crippen molar-refractivity contribution in [2.45, 2.75) is 32.6 Å². The molecule has 1 fully saturated rings. The van der Waals surface area contributed by atoms with Crippen molar-refractivity contribution in [2.24, 2.45) is 0 Å². The summed E-state index contributed by atoms with van der Waals surface area (Å²) in [5, 5.41) is 14.9. The van der Waals surface area contributed by atoms with E-state index in [1.165, 1.54) is 0 Å². The number of benzene rings is 2. The third kappa shape index (κ3) is 4.07. The number of rotatable bonds is 4. The van der Waals surface area contributed by atoms with E-state index in [0.29, 0.717) is 17.2 Å². The summed E-state index contributed by atoms with van der Waals surface area (Å²) in [6.07, 6.45) is 6.25. The molecule has 1 aliphatic rings. The number of amides is 2. The average molecular weight is 331 g/mol. The summed E-state index contributed by atoms with van der Waals surface area (Å²) < 4.78 is 0. The molecule has 0 atom stereocenters. The molecule has 0 heterocycles. The quantitative estimate of drug-likeness (QED) is 0.785. The molecular weight excluding hydrogens is 310 g/mol. The van der Waals surface area contributed by atoms with Crippen LogP contribution >= 0.6 is 0 Å². The summed E-state index contributed by atoms with van der Waals surface area (Å²) >= 11 is 0. The van der Waals surface area contributed by atoms with E-state index in [9.17, 15) is 10.1 Å². The Kier molecular flexibility index (Phi) is 4.85. The highest BCUT2D eigenvalue weighted by Crippen LogP contribution is 2.42. The summed E-state index contributed by atoms with van der Waals surface area (Å²) in [7, 11) is 0. The number of aryl methyl sites for hydroxylation is 1. The number of carbonyl (C=O) groups excluding carboxylic acids is 1. The van der Waals surface area contributed by atoms with Gasteiger partial charge in [0.2, 0.25) is 0 Å². The predicted molar refractivity (Wildman–Crippen MR) is 102 cm³/mol. The van der Waals surface area contributed by atoms with Crippen molar-refractivity contribution < 1.29 is 4.79 Å². The maximum Gasteiger partial charge on any atom is 0.323 e. The third-order valence-corrected chi connectivity index (χ3v) is 4.32. The van der Waals surface area contributed by atoms with Crippen molar-refractivity contribution in [3.05, 3.63) is 64.7 Å². The molecule has 25 heavy (non-hydrogen) atoms. The first-order chi connectivity index (χ1) is 12.1. The van der Waals surface area contributed by atoms with Gasteiger partial charge in [-0.05, 0) is 79.6 Å². The lowest BCUT2D eigenvalue weighted by molar-refractivity contribution is 0.262. The van der Waals surface area contributed by atoms with Gasteiger partial charge in [0, 0.05) is 11.4 Å². The van der Waals surface area contributed by atoms with Crippen LogP contribution in [0.4, 0.5) is 16.2 Å². The van der Waals surface area contributed by atoms with E-state index in [1.54, 1.807) is 12.1 Å². The van der Waals surface area contributed by atoms with Crippen LogP contribution in [0.5, 0.6) is 0 Å². The highest BCUT2D eigenvalue weighted by Gasteiger charge is 2.26. The number of allylic oxidation sites excluding steroid dienone is 1. The van der Waals surface area contributed by atoms with Crippen LogP contribution in [0.15, 0.2) is 42.5 Å². The molecular formula is C21H21N3O. The number of nitrogens with one attached hydrogen (secondary N) is 2. The van der Waals surface area contributed by atoms with Crippen LogP contribution in [-0.4, -0.2) is 6.03 Å². The Morgan fingerprint density at radius 2 is 1.84 bits per heavy atom. The molecule has 0 spiro atoms. The second-order valence-corrected chi connectivity index (χ2v) is 6.34. The van der Waals surface area contributed by atoms with Gasteiger partial charge in [-0.25, -0.2) is 4.79 Å². The van der Waals surface area contributed by atoms with Crippen molar-refractivity contribution in [3.8, 4) is 6.07 Å². The van der Waals surface area contributed by atoms with Crippen molar-refractivity contribution in [1.29, 1.82) is 5.26 Å².